The molecule has 0 unspecified atom stereocenters. The Bertz CT molecular complexity index is 333. The molecule has 0 amide bonds. The van der Waals surface area contributed by atoms with Crippen molar-refractivity contribution in [3.63, 3.8) is 0 Å². The van der Waals surface area contributed by atoms with Gasteiger partial charge in [0, 0.05) is 6.04 Å². The van der Waals surface area contributed by atoms with E-state index in [1.165, 1.54) is 5.56 Å². The fraction of sp³-hybridized carbons (Fsp3) is 0.455. The number of hydrogen-bond acceptors (Lipinski definition) is 1. The van der Waals surface area contributed by atoms with Crippen LogP contribution in [0.25, 0.3) is 0 Å². The third-order valence-corrected chi connectivity index (χ3v) is 2.75. The summed E-state index contributed by atoms with van der Waals surface area (Å²) in [5, 5.41) is 0. The molecule has 2 heteroatoms. The van der Waals surface area contributed by atoms with Gasteiger partial charge in [-0.1, -0.05) is 6.07 Å². The monoisotopic (exact) mass is 179 g/mol. The van der Waals surface area contributed by atoms with Gasteiger partial charge in [-0.15, -0.1) is 0 Å². The fourth-order valence-corrected chi connectivity index (χ4v) is 1.93. The number of fused-ring (bicyclic) bond motifs is 1. The van der Waals surface area contributed by atoms with E-state index >= 15 is 0 Å². The van der Waals surface area contributed by atoms with Gasteiger partial charge in [0.25, 0.3) is 0 Å². The molecule has 1 aromatic carbocycles. The zero-order valence-corrected chi connectivity index (χ0v) is 7.81. The molecule has 0 heterocycles. The van der Waals surface area contributed by atoms with Crippen LogP contribution in [0.15, 0.2) is 12.1 Å². The average Bonchev–Trinajstić information content (AvgIpc) is 2.08. The van der Waals surface area contributed by atoms with Gasteiger partial charge in [0.15, 0.2) is 0 Å². The minimum atomic E-state index is -0.0887. The second-order valence-electron chi connectivity index (χ2n) is 3.87. The Hall–Kier alpha value is -0.890. The Morgan fingerprint density at radius 1 is 1.38 bits per heavy atom. The molecule has 0 radical (unpaired) electrons. The van der Waals surface area contributed by atoms with E-state index in [9.17, 15) is 4.39 Å². The van der Waals surface area contributed by atoms with Gasteiger partial charge in [0.05, 0.1) is 0 Å². The van der Waals surface area contributed by atoms with Gasteiger partial charge in [0.1, 0.15) is 5.82 Å². The number of aryl methyl sites for hydroxylation is 2. The molecular formula is C11H14FN. The predicted octanol–water partition coefficient (Wildman–Crippen LogP) is 1.95. The zero-order chi connectivity index (χ0) is 9.42. The molecule has 1 aliphatic rings. The number of rotatable bonds is 0. The van der Waals surface area contributed by atoms with Gasteiger partial charge in [0.2, 0.25) is 0 Å². The second kappa shape index (κ2) is 3.11. The Labute approximate surface area is 77.8 Å². The van der Waals surface area contributed by atoms with Crippen LogP contribution in [0.5, 0.6) is 0 Å². The summed E-state index contributed by atoms with van der Waals surface area (Å²) in [7, 11) is 0. The molecule has 1 aliphatic carbocycles. The first-order chi connectivity index (χ1) is 6.16. The van der Waals surface area contributed by atoms with Crippen molar-refractivity contribution in [1.82, 2.24) is 0 Å². The van der Waals surface area contributed by atoms with Crippen molar-refractivity contribution < 1.29 is 4.39 Å². The lowest BCUT2D eigenvalue weighted by atomic mass is 9.87. The third-order valence-electron chi connectivity index (χ3n) is 2.75. The van der Waals surface area contributed by atoms with Crippen LogP contribution in [-0.2, 0) is 12.8 Å². The summed E-state index contributed by atoms with van der Waals surface area (Å²) in [6.45, 7) is 1.80. The van der Waals surface area contributed by atoms with Crippen LogP contribution < -0.4 is 5.73 Å². The first-order valence-corrected chi connectivity index (χ1v) is 4.70. The molecule has 13 heavy (non-hydrogen) atoms. The largest absolute Gasteiger partial charge is 0.327 e. The Morgan fingerprint density at radius 2 is 2.15 bits per heavy atom. The van der Waals surface area contributed by atoms with Gasteiger partial charge in [-0.3, -0.25) is 0 Å². The molecule has 0 spiro atoms. The van der Waals surface area contributed by atoms with Crippen molar-refractivity contribution in [3.8, 4) is 0 Å². The third kappa shape index (κ3) is 1.59. The molecule has 0 fully saturated rings. The Morgan fingerprint density at radius 3 is 2.92 bits per heavy atom. The van der Waals surface area contributed by atoms with E-state index in [0.29, 0.717) is 0 Å². The van der Waals surface area contributed by atoms with Crippen LogP contribution in [0.3, 0.4) is 0 Å². The first-order valence-electron chi connectivity index (χ1n) is 4.70. The van der Waals surface area contributed by atoms with E-state index in [1.807, 2.05) is 6.07 Å². The molecule has 0 saturated heterocycles. The van der Waals surface area contributed by atoms with Crippen molar-refractivity contribution in [3.05, 3.63) is 34.6 Å². The number of nitrogens with two attached hydrogens (primary N) is 1. The highest BCUT2D eigenvalue weighted by Crippen LogP contribution is 2.23. The number of benzene rings is 1. The molecule has 2 N–H and O–H groups in total. The van der Waals surface area contributed by atoms with Crippen molar-refractivity contribution >= 4 is 0 Å². The number of hydrogen-bond donors (Lipinski definition) is 1. The summed E-state index contributed by atoms with van der Waals surface area (Å²) >= 11 is 0. The Balaban J connectivity index is 2.43. The van der Waals surface area contributed by atoms with E-state index in [0.717, 1.165) is 30.4 Å². The van der Waals surface area contributed by atoms with Crippen molar-refractivity contribution in [2.24, 2.45) is 5.73 Å². The highest BCUT2D eigenvalue weighted by molar-refractivity contribution is 5.35. The molecule has 0 saturated carbocycles. The molecule has 1 aromatic rings. The molecular weight excluding hydrogens is 165 g/mol. The zero-order valence-electron chi connectivity index (χ0n) is 7.81. The maximum Gasteiger partial charge on any atom is 0.126 e. The highest BCUT2D eigenvalue weighted by Gasteiger charge is 2.16. The lowest BCUT2D eigenvalue weighted by Gasteiger charge is -2.21. The molecule has 0 aromatic heterocycles. The summed E-state index contributed by atoms with van der Waals surface area (Å²) in [4.78, 5) is 0. The molecule has 70 valence electrons. The molecule has 0 aliphatic heterocycles. The minimum absolute atomic E-state index is 0.0887. The SMILES string of the molecule is Cc1cc2c(cc1F)CC[C@H](N)C2. The van der Waals surface area contributed by atoms with Crippen LogP contribution >= 0.6 is 0 Å². The molecule has 2 rings (SSSR count). The highest BCUT2D eigenvalue weighted by atomic mass is 19.1. The molecule has 1 nitrogen and oxygen atoms in total. The predicted molar refractivity (Wildman–Crippen MR) is 51.1 cm³/mol. The van der Waals surface area contributed by atoms with E-state index in [4.69, 9.17) is 5.73 Å². The Kier molecular flexibility index (Phi) is 2.08. The van der Waals surface area contributed by atoms with Gasteiger partial charge in [-0.05, 0) is 48.9 Å². The van der Waals surface area contributed by atoms with E-state index in [2.05, 4.69) is 0 Å². The second-order valence-corrected chi connectivity index (χ2v) is 3.87. The van der Waals surface area contributed by atoms with Gasteiger partial charge < -0.3 is 5.73 Å². The van der Waals surface area contributed by atoms with Crippen molar-refractivity contribution in [2.75, 3.05) is 0 Å². The van der Waals surface area contributed by atoms with Gasteiger partial charge >= 0.3 is 0 Å². The van der Waals surface area contributed by atoms with E-state index < -0.39 is 0 Å². The lowest BCUT2D eigenvalue weighted by molar-refractivity contribution is 0.563. The summed E-state index contributed by atoms with van der Waals surface area (Å²) < 4.78 is 13.2. The lowest BCUT2D eigenvalue weighted by Crippen LogP contribution is -2.28. The maximum absolute atomic E-state index is 13.2. The van der Waals surface area contributed by atoms with E-state index in [1.54, 1.807) is 13.0 Å². The van der Waals surface area contributed by atoms with Crippen LogP contribution in [0.1, 0.15) is 23.1 Å². The van der Waals surface area contributed by atoms with Crippen molar-refractivity contribution in [1.29, 1.82) is 0 Å². The summed E-state index contributed by atoms with van der Waals surface area (Å²) in [6.07, 6.45) is 2.81. The van der Waals surface area contributed by atoms with Gasteiger partial charge in [-0.25, -0.2) is 4.39 Å². The van der Waals surface area contributed by atoms with Gasteiger partial charge in [-0.2, -0.15) is 0 Å². The fourth-order valence-electron chi connectivity index (χ4n) is 1.93. The topological polar surface area (TPSA) is 26.0 Å². The molecule has 0 bridgehead atoms. The standard InChI is InChI=1S/C11H14FN/c1-7-4-9-5-10(13)3-2-8(9)6-11(7)12/h4,6,10H,2-3,5,13H2,1H3/t10-/m0/s1. The van der Waals surface area contributed by atoms with E-state index in [-0.39, 0.29) is 11.9 Å². The average molecular weight is 179 g/mol. The maximum atomic E-state index is 13.2. The smallest absolute Gasteiger partial charge is 0.126 e. The van der Waals surface area contributed by atoms with Crippen LogP contribution in [0.2, 0.25) is 0 Å². The van der Waals surface area contributed by atoms with Crippen LogP contribution in [0, 0.1) is 12.7 Å². The summed E-state index contributed by atoms with van der Waals surface area (Å²) in [5.41, 5.74) is 8.95. The first kappa shape index (κ1) is 8.70. The van der Waals surface area contributed by atoms with Crippen LogP contribution in [-0.4, -0.2) is 6.04 Å². The number of halogens is 1. The quantitative estimate of drug-likeness (QED) is 0.647. The summed E-state index contributed by atoms with van der Waals surface area (Å²) in [6, 6.07) is 3.86. The normalized spacial score (nSPS) is 21.3. The minimum Gasteiger partial charge on any atom is -0.327 e. The van der Waals surface area contributed by atoms with Crippen molar-refractivity contribution in [2.45, 2.75) is 32.2 Å². The summed E-state index contributed by atoms with van der Waals surface area (Å²) in [5.74, 6) is -0.0887. The molecule has 1 atom stereocenters. The van der Waals surface area contributed by atoms with Crippen LogP contribution in [0.4, 0.5) is 4.39 Å².